The normalized spacial score (nSPS) is 11.5. The first-order valence-corrected chi connectivity index (χ1v) is 7.14. The lowest BCUT2D eigenvalue weighted by Crippen LogP contribution is -1.93. The molecule has 0 aromatic heterocycles. The van der Waals surface area contributed by atoms with E-state index in [9.17, 15) is 4.57 Å². The number of benzene rings is 1. The molecule has 0 aliphatic carbocycles. The number of rotatable bonds is 3. The third-order valence-corrected chi connectivity index (χ3v) is 3.22. The third-order valence-electron chi connectivity index (χ3n) is 1.92. The van der Waals surface area contributed by atoms with Gasteiger partial charge in [0.15, 0.2) is 0 Å². The Morgan fingerprint density at radius 1 is 1.23 bits per heavy atom. The molecular weight excluding hydrogens is 181 g/mol. The van der Waals surface area contributed by atoms with Crippen LogP contribution in [0.15, 0.2) is 24.3 Å². The van der Waals surface area contributed by atoms with Crippen LogP contribution >= 0.6 is 7.14 Å². The molecule has 1 rings (SSSR count). The van der Waals surface area contributed by atoms with E-state index in [4.69, 9.17) is 5.73 Å². The predicted molar refractivity (Wildman–Crippen MR) is 58.9 cm³/mol. The van der Waals surface area contributed by atoms with Gasteiger partial charge in [0, 0.05) is 11.8 Å². The summed E-state index contributed by atoms with van der Waals surface area (Å²) in [5.74, 6) is 0. The fourth-order valence-electron chi connectivity index (χ4n) is 1.08. The molecule has 0 heterocycles. The van der Waals surface area contributed by atoms with Gasteiger partial charge in [-0.25, -0.2) is 0 Å². The van der Waals surface area contributed by atoms with Crippen LogP contribution < -0.4 is 5.73 Å². The predicted octanol–water partition coefficient (Wildman–Crippen LogP) is 2.43. The molecule has 2 N–H and O–H groups in total. The van der Waals surface area contributed by atoms with Gasteiger partial charge < -0.3 is 10.3 Å². The second kappa shape index (κ2) is 3.97. The summed E-state index contributed by atoms with van der Waals surface area (Å²) in [6.45, 7) is 3.65. The molecule has 1 aromatic rings. The van der Waals surface area contributed by atoms with Crippen molar-refractivity contribution in [2.75, 3.05) is 25.2 Å². The molecule has 0 amide bonds. The summed E-state index contributed by atoms with van der Waals surface area (Å²) in [7, 11) is -1.87. The van der Waals surface area contributed by atoms with Crippen molar-refractivity contribution in [3.05, 3.63) is 29.8 Å². The van der Waals surface area contributed by atoms with Gasteiger partial charge in [-0.05, 0) is 37.4 Å². The van der Waals surface area contributed by atoms with E-state index in [1.165, 1.54) is 5.56 Å². The van der Waals surface area contributed by atoms with Crippen molar-refractivity contribution in [1.29, 1.82) is 0 Å². The first kappa shape index (κ1) is 10.3. The van der Waals surface area contributed by atoms with Crippen molar-refractivity contribution in [2.45, 2.75) is 6.42 Å². The average Bonchev–Trinajstić information content (AvgIpc) is 2.02. The van der Waals surface area contributed by atoms with Crippen molar-refractivity contribution in [3.8, 4) is 0 Å². The number of nitrogen functional groups attached to an aromatic ring is 1. The van der Waals surface area contributed by atoms with E-state index in [-0.39, 0.29) is 0 Å². The maximum absolute atomic E-state index is 11.4. The zero-order valence-electron chi connectivity index (χ0n) is 8.16. The molecule has 3 heteroatoms. The first-order valence-electron chi connectivity index (χ1n) is 4.36. The van der Waals surface area contributed by atoms with Crippen LogP contribution in [0.1, 0.15) is 5.56 Å². The second-order valence-corrected chi connectivity index (χ2v) is 7.38. The summed E-state index contributed by atoms with van der Waals surface area (Å²) in [5.41, 5.74) is 7.54. The minimum atomic E-state index is -1.87. The Kier molecular flexibility index (Phi) is 3.16. The maximum atomic E-state index is 11.4. The van der Waals surface area contributed by atoms with E-state index in [1.807, 2.05) is 37.6 Å². The lowest BCUT2D eigenvalue weighted by atomic mass is 10.2. The second-order valence-electron chi connectivity index (χ2n) is 3.79. The van der Waals surface area contributed by atoms with E-state index in [2.05, 4.69) is 0 Å². The minimum absolute atomic E-state index is 0.775. The van der Waals surface area contributed by atoms with Crippen molar-refractivity contribution in [2.24, 2.45) is 0 Å². The van der Waals surface area contributed by atoms with Gasteiger partial charge in [-0.1, -0.05) is 12.1 Å². The average molecular weight is 197 g/mol. The van der Waals surface area contributed by atoms with Gasteiger partial charge in [0.2, 0.25) is 0 Å². The monoisotopic (exact) mass is 197 g/mol. The zero-order valence-corrected chi connectivity index (χ0v) is 9.05. The van der Waals surface area contributed by atoms with Crippen LogP contribution in [0.3, 0.4) is 0 Å². The number of aryl methyl sites for hydroxylation is 1. The molecule has 72 valence electrons. The van der Waals surface area contributed by atoms with Crippen LogP contribution in [-0.4, -0.2) is 19.5 Å². The molecule has 0 radical (unpaired) electrons. The Labute approximate surface area is 79.5 Å². The van der Waals surface area contributed by atoms with Gasteiger partial charge >= 0.3 is 0 Å². The highest BCUT2D eigenvalue weighted by molar-refractivity contribution is 7.62. The Bertz CT molecular complexity index is 312. The highest BCUT2D eigenvalue weighted by atomic mass is 31.2. The van der Waals surface area contributed by atoms with Crippen molar-refractivity contribution >= 4 is 12.8 Å². The van der Waals surface area contributed by atoms with Gasteiger partial charge in [0.1, 0.15) is 0 Å². The van der Waals surface area contributed by atoms with Crippen LogP contribution in [0, 0.1) is 0 Å². The zero-order chi connectivity index (χ0) is 9.90. The molecular formula is C10H16NOP. The van der Waals surface area contributed by atoms with E-state index in [0.717, 1.165) is 18.3 Å². The highest BCUT2D eigenvalue weighted by Crippen LogP contribution is 2.36. The number of hydrogen-bond acceptors (Lipinski definition) is 2. The van der Waals surface area contributed by atoms with Crippen molar-refractivity contribution < 1.29 is 4.57 Å². The quantitative estimate of drug-likeness (QED) is 0.597. The van der Waals surface area contributed by atoms with Gasteiger partial charge in [0.25, 0.3) is 0 Å². The Morgan fingerprint density at radius 3 is 2.23 bits per heavy atom. The summed E-state index contributed by atoms with van der Waals surface area (Å²) in [6.07, 6.45) is 1.65. The highest BCUT2D eigenvalue weighted by Gasteiger charge is 2.06. The fourth-order valence-corrected chi connectivity index (χ4v) is 1.88. The van der Waals surface area contributed by atoms with Gasteiger partial charge in [-0.15, -0.1) is 0 Å². The van der Waals surface area contributed by atoms with Crippen LogP contribution in [0.2, 0.25) is 0 Å². The van der Waals surface area contributed by atoms with Gasteiger partial charge in [0.05, 0.1) is 7.14 Å². The first-order chi connectivity index (χ1) is 5.97. The molecule has 0 saturated heterocycles. The number of nitrogens with two attached hydrogens (primary N) is 1. The summed E-state index contributed by atoms with van der Waals surface area (Å²) < 4.78 is 11.4. The van der Waals surface area contributed by atoms with E-state index < -0.39 is 7.14 Å². The molecule has 0 aliphatic heterocycles. The molecule has 0 bridgehead atoms. The van der Waals surface area contributed by atoms with E-state index >= 15 is 0 Å². The Balaban J connectivity index is 2.56. The SMILES string of the molecule is CP(C)(=O)CCc1ccc(N)cc1. The standard InChI is InChI=1S/C10H16NOP/c1-13(2,12)8-7-9-3-5-10(11)6-4-9/h3-6H,7-8,11H2,1-2H3. The summed E-state index contributed by atoms with van der Waals surface area (Å²) >= 11 is 0. The van der Waals surface area contributed by atoms with Crippen molar-refractivity contribution in [3.63, 3.8) is 0 Å². The van der Waals surface area contributed by atoms with Crippen LogP contribution in [0.25, 0.3) is 0 Å². The summed E-state index contributed by atoms with van der Waals surface area (Å²) in [4.78, 5) is 0. The minimum Gasteiger partial charge on any atom is -0.399 e. The van der Waals surface area contributed by atoms with Gasteiger partial charge in [-0.2, -0.15) is 0 Å². The van der Waals surface area contributed by atoms with Crippen molar-refractivity contribution in [1.82, 2.24) is 0 Å². The number of hydrogen-bond donors (Lipinski definition) is 1. The smallest absolute Gasteiger partial charge is 0.0822 e. The third kappa shape index (κ3) is 4.14. The lowest BCUT2D eigenvalue weighted by Gasteiger charge is -2.06. The topological polar surface area (TPSA) is 43.1 Å². The maximum Gasteiger partial charge on any atom is 0.0822 e. The molecule has 0 spiro atoms. The molecule has 13 heavy (non-hydrogen) atoms. The molecule has 1 aromatic carbocycles. The molecule has 2 nitrogen and oxygen atoms in total. The Hall–Kier alpha value is -0.750. The largest absolute Gasteiger partial charge is 0.399 e. The molecule has 0 aliphatic rings. The summed E-state index contributed by atoms with van der Waals surface area (Å²) in [5, 5.41) is 0. The van der Waals surface area contributed by atoms with E-state index in [0.29, 0.717) is 0 Å². The molecule has 0 saturated carbocycles. The molecule has 0 atom stereocenters. The molecule has 0 fully saturated rings. The van der Waals surface area contributed by atoms with E-state index in [1.54, 1.807) is 0 Å². The van der Waals surface area contributed by atoms with Gasteiger partial charge in [-0.3, -0.25) is 0 Å². The fraction of sp³-hybridized carbons (Fsp3) is 0.400. The number of anilines is 1. The lowest BCUT2D eigenvalue weighted by molar-refractivity contribution is 0.582. The summed E-state index contributed by atoms with van der Waals surface area (Å²) in [6, 6.07) is 7.74. The van der Waals surface area contributed by atoms with Crippen LogP contribution in [0.5, 0.6) is 0 Å². The van der Waals surface area contributed by atoms with Crippen LogP contribution in [0.4, 0.5) is 5.69 Å². The Morgan fingerprint density at radius 2 is 1.77 bits per heavy atom. The van der Waals surface area contributed by atoms with Crippen LogP contribution in [-0.2, 0) is 11.0 Å². The molecule has 0 unspecified atom stereocenters.